The van der Waals surface area contributed by atoms with Crippen LogP contribution in [0.2, 0.25) is 0 Å². The summed E-state index contributed by atoms with van der Waals surface area (Å²) in [5.41, 5.74) is 0. The van der Waals surface area contributed by atoms with Crippen LogP contribution in [0.4, 0.5) is 5.13 Å². The van der Waals surface area contributed by atoms with E-state index in [-0.39, 0.29) is 4.88 Å². The molecule has 0 aliphatic rings. The highest BCUT2D eigenvalue weighted by molar-refractivity contribution is 9.10. The van der Waals surface area contributed by atoms with Crippen molar-refractivity contribution in [1.29, 1.82) is 0 Å². The Balaban J connectivity index is 3.07. The third-order valence-electron chi connectivity index (χ3n) is 0.994. The summed E-state index contributed by atoms with van der Waals surface area (Å²) in [6.45, 7) is 0. The molecule has 1 heterocycles. The van der Waals surface area contributed by atoms with E-state index in [9.17, 15) is 4.79 Å². The first kappa shape index (κ1) is 8.48. The molecule has 0 bridgehead atoms. The predicted octanol–water partition coefficient (Wildman–Crippen LogP) is 1.65. The van der Waals surface area contributed by atoms with Crippen LogP contribution in [0.5, 0.6) is 0 Å². The van der Waals surface area contributed by atoms with Gasteiger partial charge in [-0.25, -0.2) is 9.78 Å². The molecule has 60 valence electrons. The Morgan fingerprint density at radius 1 is 1.82 bits per heavy atom. The summed E-state index contributed by atoms with van der Waals surface area (Å²) in [5.74, 6) is -0.962. The largest absolute Gasteiger partial charge is 0.477 e. The number of carboxylic acids is 1. The molecule has 0 unspecified atom stereocenters. The number of aromatic carboxylic acids is 1. The molecule has 6 heteroatoms. The lowest BCUT2D eigenvalue weighted by molar-refractivity contribution is 0.0701. The van der Waals surface area contributed by atoms with Crippen molar-refractivity contribution in [3.8, 4) is 0 Å². The quantitative estimate of drug-likeness (QED) is 0.820. The number of carboxylic acid groups (broad SMARTS) is 1. The molecule has 1 aromatic rings. The van der Waals surface area contributed by atoms with E-state index < -0.39 is 5.97 Å². The van der Waals surface area contributed by atoms with E-state index in [1.165, 1.54) is 0 Å². The summed E-state index contributed by atoms with van der Waals surface area (Å²) in [6.07, 6.45) is 0. The monoisotopic (exact) mass is 236 g/mol. The Morgan fingerprint density at radius 3 is 2.73 bits per heavy atom. The van der Waals surface area contributed by atoms with Gasteiger partial charge in [-0.3, -0.25) is 0 Å². The van der Waals surface area contributed by atoms with Gasteiger partial charge in [0.2, 0.25) is 0 Å². The number of halogens is 1. The number of nitrogens with zero attached hydrogens (tertiary/aromatic N) is 1. The molecule has 0 aliphatic heterocycles. The van der Waals surface area contributed by atoms with E-state index in [1.807, 2.05) is 0 Å². The van der Waals surface area contributed by atoms with Gasteiger partial charge < -0.3 is 10.4 Å². The van der Waals surface area contributed by atoms with E-state index in [2.05, 4.69) is 26.2 Å². The fourth-order valence-corrected chi connectivity index (χ4v) is 1.90. The van der Waals surface area contributed by atoms with Gasteiger partial charge in [0.05, 0.1) is 0 Å². The molecule has 0 saturated heterocycles. The van der Waals surface area contributed by atoms with Crippen molar-refractivity contribution in [2.45, 2.75) is 0 Å². The van der Waals surface area contributed by atoms with Gasteiger partial charge in [-0.2, -0.15) is 0 Å². The number of hydrogen-bond donors (Lipinski definition) is 2. The highest BCUT2D eigenvalue weighted by atomic mass is 79.9. The number of rotatable bonds is 2. The van der Waals surface area contributed by atoms with Gasteiger partial charge >= 0.3 is 5.97 Å². The van der Waals surface area contributed by atoms with Crippen LogP contribution in [0.15, 0.2) is 4.60 Å². The molecule has 0 amide bonds. The van der Waals surface area contributed by atoms with Crippen molar-refractivity contribution in [2.24, 2.45) is 0 Å². The highest BCUT2D eigenvalue weighted by Gasteiger charge is 2.13. The molecular weight excluding hydrogens is 232 g/mol. The first-order valence-corrected chi connectivity index (χ1v) is 4.33. The van der Waals surface area contributed by atoms with E-state index in [1.54, 1.807) is 7.05 Å². The van der Waals surface area contributed by atoms with Crippen molar-refractivity contribution >= 4 is 38.4 Å². The van der Waals surface area contributed by atoms with Gasteiger partial charge in [0, 0.05) is 7.05 Å². The molecule has 0 aliphatic carbocycles. The van der Waals surface area contributed by atoms with E-state index in [0.717, 1.165) is 11.3 Å². The maximum atomic E-state index is 10.5. The summed E-state index contributed by atoms with van der Waals surface area (Å²) >= 11 is 4.14. The fraction of sp³-hybridized carbons (Fsp3) is 0.200. The number of carbonyl (C=O) groups is 1. The zero-order chi connectivity index (χ0) is 8.43. The second-order valence-electron chi connectivity index (χ2n) is 1.69. The van der Waals surface area contributed by atoms with Crippen molar-refractivity contribution in [1.82, 2.24) is 4.98 Å². The van der Waals surface area contributed by atoms with E-state index >= 15 is 0 Å². The van der Waals surface area contributed by atoms with Gasteiger partial charge in [-0.15, -0.1) is 0 Å². The summed E-state index contributed by atoms with van der Waals surface area (Å²) < 4.78 is 0.374. The lowest BCUT2D eigenvalue weighted by Crippen LogP contribution is -1.91. The zero-order valence-electron chi connectivity index (χ0n) is 5.59. The first-order chi connectivity index (χ1) is 5.15. The topological polar surface area (TPSA) is 62.2 Å². The minimum atomic E-state index is -0.962. The van der Waals surface area contributed by atoms with Crippen LogP contribution in [-0.2, 0) is 0 Å². The second kappa shape index (κ2) is 3.19. The van der Waals surface area contributed by atoms with E-state index in [4.69, 9.17) is 5.11 Å². The number of thiazole rings is 1. The van der Waals surface area contributed by atoms with Crippen LogP contribution in [0.1, 0.15) is 9.67 Å². The van der Waals surface area contributed by atoms with Crippen molar-refractivity contribution in [2.75, 3.05) is 12.4 Å². The van der Waals surface area contributed by atoms with Gasteiger partial charge in [-0.1, -0.05) is 11.3 Å². The first-order valence-electron chi connectivity index (χ1n) is 2.72. The van der Waals surface area contributed by atoms with Crippen LogP contribution < -0.4 is 5.32 Å². The lowest BCUT2D eigenvalue weighted by atomic mass is 10.6. The molecule has 4 nitrogen and oxygen atoms in total. The van der Waals surface area contributed by atoms with Crippen LogP contribution in [0.25, 0.3) is 0 Å². The molecule has 1 aromatic heterocycles. The Bertz CT molecular complexity index is 286. The number of aromatic nitrogens is 1. The minimum absolute atomic E-state index is 0.217. The number of nitrogens with one attached hydrogen (secondary N) is 1. The Kier molecular flexibility index (Phi) is 2.45. The average Bonchev–Trinajstić information content (AvgIpc) is 2.30. The van der Waals surface area contributed by atoms with Gasteiger partial charge in [0.1, 0.15) is 9.48 Å². The molecule has 0 atom stereocenters. The molecule has 11 heavy (non-hydrogen) atoms. The molecule has 2 N–H and O–H groups in total. The minimum Gasteiger partial charge on any atom is -0.477 e. The van der Waals surface area contributed by atoms with Crippen LogP contribution in [0, 0.1) is 0 Å². The predicted molar refractivity (Wildman–Crippen MR) is 46.3 cm³/mol. The van der Waals surface area contributed by atoms with E-state index in [0.29, 0.717) is 9.73 Å². The summed E-state index contributed by atoms with van der Waals surface area (Å²) in [6, 6.07) is 0. The normalized spacial score (nSPS) is 9.64. The SMILES string of the molecule is CNc1nc(Br)c(C(=O)O)s1. The number of anilines is 1. The molecule has 0 fully saturated rings. The standard InChI is InChI=1S/C5H5BrN2O2S/c1-7-5-8-3(6)2(11-5)4(9)10/h1H3,(H,7,8)(H,9,10). The lowest BCUT2D eigenvalue weighted by Gasteiger charge is -1.85. The maximum absolute atomic E-state index is 10.5. The smallest absolute Gasteiger partial charge is 0.348 e. The second-order valence-corrected chi connectivity index (χ2v) is 3.44. The maximum Gasteiger partial charge on any atom is 0.348 e. The fourth-order valence-electron chi connectivity index (χ4n) is 0.540. The van der Waals surface area contributed by atoms with Gasteiger partial charge in [-0.05, 0) is 15.9 Å². The number of hydrogen-bond acceptors (Lipinski definition) is 4. The van der Waals surface area contributed by atoms with Crippen LogP contribution in [-0.4, -0.2) is 23.1 Å². The van der Waals surface area contributed by atoms with Gasteiger partial charge in [0.25, 0.3) is 0 Å². The summed E-state index contributed by atoms with van der Waals surface area (Å²) in [5, 5.41) is 11.9. The summed E-state index contributed by atoms with van der Waals surface area (Å²) in [7, 11) is 1.69. The van der Waals surface area contributed by atoms with Crippen LogP contribution in [0.3, 0.4) is 0 Å². The molecule has 0 spiro atoms. The molecule has 1 rings (SSSR count). The van der Waals surface area contributed by atoms with Gasteiger partial charge in [0.15, 0.2) is 5.13 Å². The molecule has 0 radical (unpaired) electrons. The van der Waals surface area contributed by atoms with Crippen molar-refractivity contribution in [3.63, 3.8) is 0 Å². The average molecular weight is 237 g/mol. The van der Waals surface area contributed by atoms with Crippen LogP contribution >= 0.6 is 27.3 Å². The third-order valence-corrected chi connectivity index (χ3v) is 2.89. The Labute approximate surface area is 75.4 Å². The Hall–Kier alpha value is -0.620. The summed E-state index contributed by atoms with van der Waals surface area (Å²) in [4.78, 5) is 14.6. The highest BCUT2D eigenvalue weighted by Crippen LogP contribution is 2.26. The molecule has 0 saturated carbocycles. The van der Waals surface area contributed by atoms with Crippen molar-refractivity contribution in [3.05, 3.63) is 9.48 Å². The zero-order valence-corrected chi connectivity index (χ0v) is 7.99. The molecule has 0 aromatic carbocycles. The van der Waals surface area contributed by atoms with Crippen molar-refractivity contribution < 1.29 is 9.90 Å². The molecular formula is C5H5BrN2O2S. The Morgan fingerprint density at radius 2 is 2.45 bits per heavy atom. The third kappa shape index (κ3) is 1.69.